The maximum Gasteiger partial charge on any atom is 0.0382 e. The van der Waals surface area contributed by atoms with Crippen molar-refractivity contribution >= 4 is 5.70 Å². The van der Waals surface area contributed by atoms with E-state index in [-0.39, 0.29) is 0 Å². The summed E-state index contributed by atoms with van der Waals surface area (Å²) in [7, 11) is 4.24. The van der Waals surface area contributed by atoms with Gasteiger partial charge >= 0.3 is 0 Å². The molecule has 2 nitrogen and oxygen atoms in total. The Labute approximate surface area is 104 Å². The molecule has 0 spiro atoms. The largest absolute Gasteiger partial charge is 0.398 e. The third-order valence-electron chi connectivity index (χ3n) is 3.47. The van der Waals surface area contributed by atoms with Gasteiger partial charge in [-0.25, -0.2) is 0 Å². The van der Waals surface area contributed by atoms with Crippen molar-refractivity contribution in [2.24, 2.45) is 5.73 Å². The average molecular weight is 230 g/mol. The highest BCUT2D eigenvalue weighted by Gasteiger charge is 2.15. The lowest BCUT2D eigenvalue weighted by atomic mass is 9.88. The zero-order valence-corrected chi connectivity index (χ0v) is 10.9. The van der Waals surface area contributed by atoms with Crippen LogP contribution < -0.4 is 5.73 Å². The van der Waals surface area contributed by atoms with Gasteiger partial charge in [0, 0.05) is 11.3 Å². The van der Waals surface area contributed by atoms with Crippen molar-refractivity contribution in [3.8, 4) is 0 Å². The molecule has 0 atom stereocenters. The van der Waals surface area contributed by atoms with Crippen LogP contribution in [0.25, 0.3) is 5.70 Å². The Bertz CT molecular complexity index is 419. The van der Waals surface area contributed by atoms with E-state index in [1.165, 1.54) is 23.1 Å². The van der Waals surface area contributed by atoms with E-state index in [4.69, 9.17) is 5.73 Å². The number of allylic oxidation sites excluding steroid dienone is 1. The highest BCUT2D eigenvalue weighted by atomic mass is 15.0. The number of hydrogen-bond donors (Lipinski definition) is 1. The molecule has 1 aromatic rings. The number of fused-ring (bicyclic) bond motifs is 1. The summed E-state index contributed by atoms with van der Waals surface area (Å²) in [6.07, 6.45) is 4.62. The Morgan fingerprint density at radius 1 is 1.18 bits per heavy atom. The molecule has 92 valence electrons. The van der Waals surface area contributed by atoms with Crippen molar-refractivity contribution in [3.05, 3.63) is 41.0 Å². The van der Waals surface area contributed by atoms with Gasteiger partial charge in [-0.2, -0.15) is 0 Å². The number of nitrogens with two attached hydrogens (primary N) is 1. The van der Waals surface area contributed by atoms with Gasteiger partial charge in [0.1, 0.15) is 0 Å². The first-order valence-electron chi connectivity index (χ1n) is 6.39. The van der Waals surface area contributed by atoms with Gasteiger partial charge < -0.3 is 10.6 Å². The molecule has 1 aliphatic carbocycles. The molecule has 17 heavy (non-hydrogen) atoms. The number of benzene rings is 1. The zero-order chi connectivity index (χ0) is 12.3. The average Bonchev–Trinajstić information content (AvgIpc) is 2.32. The monoisotopic (exact) mass is 230 g/mol. The fourth-order valence-electron chi connectivity index (χ4n) is 2.48. The lowest BCUT2D eigenvalue weighted by Crippen LogP contribution is -2.15. The lowest BCUT2D eigenvalue weighted by molar-refractivity contribution is 0.399. The molecule has 0 fully saturated rings. The maximum atomic E-state index is 6.27. The van der Waals surface area contributed by atoms with E-state index in [1.807, 2.05) is 0 Å². The molecule has 2 rings (SSSR count). The minimum absolute atomic E-state index is 1.03. The molecule has 0 unspecified atom stereocenters. The maximum absolute atomic E-state index is 6.27. The summed E-state index contributed by atoms with van der Waals surface area (Å²) in [6, 6.07) is 8.52. The van der Waals surface area contributed by atoms with Crippen LogP contribution in [0.15, 0.2) is 29.8 Å². The Kier molecular flexibility index (Phi) is 3.85. The van der Waals surface area contributed by atoms with Crippen LogP contribution >= 0.6 is 0 Å². The van der Waals surface area contributed by atoms with Crippen LogP contribution in [0.4, 0.5) is 0 Å². The van der Waals surface area contributed by atoms with Crippen LogP contribution in [-0.4, -0.2) is 25.5 Å². The fourth-order valence-corrected chi connectivity index (χ4v) is 2.48. The quantitative estimate of drug-likeness (QED) is 0.861. The van der Waals surface area contributed by atoms with Crippen molar-refractivity contribution in [2.45, 2.75) is 25.7 Å². The van der Waals surface area contributed by atoms with E-state index in [9.17, 15) is 0 Å². The Hall–Kier alpha value is -1.28. The SMILES string of the molecule is CN(C)CCCC1=C(N)c2ccccc2CC1. The standard InChI is InChI=1S/C15H22N2/c1-17(2)11-5-7-13-10-9-12-6-3-4-8-14(12)15(13)16/h3-4,6,8H,5,7,9-11,16H2,1-2H3. The molecule has 1 aliphatic rings. The van der Waals surface area contributed by atoms with Gasteiger partial charge in [0.15, 0.2) is 0 Å². The zero-order valence-electron chi connectivity index (χ0n) is 10.9. The first-order chi connectivity index (χ1) is 8.18. The van der Waals surface area contributed by atoms with Crippen LogP contribution in [0.5, 0.6) is 0 Å². The normalized spacial score (nSPS) is 15.2. The van der Waals surface area contributed by atoms with Crippen molar-refractivity contribution in [1.29, 1.82) is 0 Å². The lowest BCUT2D eigenvalue weighted by Gasteiger charge is -2.21. The van der Waals surface area contributed by atoms with Crippen LogP contribution in [0, 0.1) is 0 Å². The fraction of sp³-hybridized carbons (Fsp3) is 0.467. The summed E-state index contributed by atoms with van der Waals surface area (Å²) in [4.78, 5) is 2.23. The number of rotatable bonds is 4. The highest BCUT2D eigenvalue weighted by Crippen LogP contribution is 2.30. The smallest absolute Gasteiger partial charge is 0.0382 e. The van der Waals surface area contributed by atoms with Crippen LogP contribution in [0.1, 0.15) is 30.4 Å². The van der Waals surface area contributed by atoms with Gasteiger partial charge in [0.25, 0.3) is 0 Å². The molecule has 0 aliphatic heterocycles. The molecule has 0 heterocycles. The molecule has 2 N–H and O–H groups in total. The summed E-state index contributed by atoms with van der Waals surface area (Å²) in [5.41, 5.74) is 11.4. The van der Waals surface area contributed by atoms with E-state index >= 15 is 0 Å². The van der Waals surface area contributed by atoms with Crippen LogP contribution in [-0.2, 0) is 6.42 Å². The van der Waals surface area contributed by atoms with E-state index in [1.54, 1.807) is 0 Å². The molecule has 1 aromatic carbocycles. The van der Waals surface area contributed by atoms with Gasteiger partial charge in [-0.15, -0.1) is 0 Å². The first-order valence-corrected chi connectivity index (χ1v) is 6.39. The molecule has 0 saturated heterocycles. The van der Waals surface area contributed by atoms with Crippen LogP contribution in [0.3, 0.4) is 0 Å². The van der Waals surface area contributed by atoms with Gasteiger partial charge in [0.05, 0.1) is 0 Å². The summed E-state index contributed by atoms with van der Waals surface area (Å²) in [5, 5.41) is 0. The van der Waals surface area contributed by atoms with Gasteiger partial charge in [-0.3, -0.25) is 0 Å². The second-order valence-electron chi connectivity index (χ2n) is 5.08. The molecule has 0 saturated carbocycles. The molecule has 0 bridgehead atoms. The summed E-state index contributed by atoms with van der Waals surface area (Å²) >= 11 is 0. The predicted octanol–water partition coefficient (Wildman–Crippen LogP) is 2.64. The Morgan fingerprint density at radius 3 is 2.71 bits per heavy atom. The molecule has 0 radical (unpaired) electrons. The van der Waals surface area contributed by atoms with E-state index in [0.29, 0.717) is 0 Å². The van der Waals surface area contributed by atoms with Crippen molar-refractivity contribution in [2.75, 3.05) is 20.6 Å². The van der Waals surface area contributed by atoms with Crippen molar-refractivity contribution < 1.29 is 0 Å². The molecule has 0 amide bonds. The third kappa shape index (κ3) is 2.89. The molecular formula is C15H22N2. The first kappa shape index (κ1) is 12.2. The van der Waals surface area contributed by atoms with E-state index in [0.717, 1.165) is 31.5 Å². The topological polar surface area (TPSA) is 29.3 Å². The summed E-state index contributed by atoms with van der Waals surface area (Å²) < 4.78 is 0. The van der Waals surface area contributed by atoms with E-state index < -0.39 is 0 Å². The molecule has 0 aromatic heterocycles. The van der Waals surface area contributed by atoms with Crippen LogP contribution in [0.2, 0.25) is 0 Å². The Morgan fingerprint density at radius 2 is 1.94 bits per heavy atom. The van der Waals surface area contributed by atoms with Crippen molar-refractivity contribution in [1.82, 2.24) is 4.90 Å². The minimum Gasteiger partial charge on any atom is -0.398 e. The number of nitrogens with zero attached hydrogens (tertiary/aromatic N) is 1. The predicted molar refractivity (Wildman–Crippen MR) is 73.7 cm³/mol. The highest BCUT2D eigenvalue weighted by molar-refractivity contribution is 5.70. The van der Waals surface area contributed by atoms with Crippen molar-refractivity contribution in [3.63, 3.8) is 0 Å². The van der Waals surface area contributed by atoms with Gasteiger partial charge in [-0.05, 0) is 57.5 Å². The van der Waals surface area contributed by atoms with E-state index in [2.05, 4.69) is 43.3 Å². The Balaban J connectivity index is 2.09. The third-order valence-corrected chi connectivity index (χ3v) is 3.47. The van der Waals surface area contributed by atoms with Gasteiger partial charge in [0.2, 0.25) is 0 Å². The minimum atomic E-state index is 1.03. The summed E-state index contributed by atoms with van der Waals surface area (Å²) in [5.74, 6) is 0. The molecular weight excluding hydrogens is 208 g/mol. The molecule has 2 heteroatoms. The number of hydrogen-bond acceptors (Lipinski definition) is 2. The second kappa shape index (κ2) is 5.37. The van der Waals surface area contributed by atoms with Gasteiger partial charge in [-0.1, -0.05) is 24.3 Å². The number of aryl methyl sites for hydroxylation is 1. The summed E-state index contributed by atoms with van der Waals surface area (Å²) in [6.45, 7) is 1.14. The second-order valence-corrected chi connectivity index (χ2v) is 5.08.